The third-order valence-electron chi connectivity index (χ3n) is 3.36. The van der Waals surface area contributed by atoms with Crippen LogP contribution in [0.15, 0.2) is 36.8 Å². The Balaban J connectivity index is 1.95. The Morgan fingerprint density at radius 3 is 2.88 bits per heavy atom. The maximum atomic E-state index is 14.2. The van der Waals surface area contributed by atoms with E-state index in [9.17, 15) is 14.0 Å². The number of thiophene rings is 1. The van der Waals surface area contributed by atoms with E-state index in [0.29, 0.717) is 15.6 Å². The van der Waals surface area contributed by atoms with Crippen LogP contribution in [0.5, 0.6) is 0 Å². The quantitative estimate of drug-likeness (QED) is 0.735. The van der Waals surface area contributed by atoms with Gasteiger partial charge in [-0.3, -0.25) is 9.78 Å². The molecule has 0 bridgehead atoms. The van der Waals surface area contributed by atoms with E-state index in [-0.39, 0.29) is 17.1 Å². The van der Waals surface area contributed by atoms with Gasteiger partial charge in [0.1, 0.15) is 16.4 Å². The lowest BCUT2D eigenvalue weighted by Crippen LogP contribution is -2.24. The summed E-state index contributed by atoms with van der Waals surface area (Å²) < 4.78 is 19.6. The smallest absolute Gasteiger partial charge is 0.348 e. The van der Waals surface area contributed by atoms with Gasteiger partial charge in [0.2, 0.25) is 0 Å². The number of ether oxygens (including phenoxy) is 1. The van der Waals surface area contributed by atoms with Crippen LogP contribution in [-0.4, -0.2) is 29.0 Å². The van der Waals surface area contributed by atoms with Crippen LogP contribution in [0.25, 0.3) is 10.1 Å². The molecule has 1 aromatic carbocycles. The zero-order valence-corrected chi connectivity index (χ0v) is 13.4. The summed E-state index contributed by atoms with van der Waals surface area (Å²) in [6.45, 7) is -0.0270. The number of esters is 1. The van der Waals surface area contributed by atoms with Crippen LogP contribution < -0.4 is 5.32 Å². The van der Waals surface area contributed by atoms with Crippen molar-refractivity contribution in [1.82, 2.24) is 15.3 Å². The van der Waals surface area contributed by atoms with Crippen molar-refractivity contribution in [2.24, 2.45) is 0 Å². The molecule has 0 atom stereocenters. The Hall–Kier alpha value is -2.87. The second-order valence-corrected chi connectivity index (χ2v) is 5.84. The number of carbonyl (C=O) groups is 2. The Morgan fingerprint density at radius 2 is 2.17 bits per heavy atom. The molecule has 3 rings (SSSR count). The van der Waals surface area contributed by atoms with Gasteiger partial charge in [0, 0.05) is 34.6 Å². The van der Waals surface area contributed by atoms with E-state index in [0.717, 1.165) is 11.3 Å². The molecule has 1 amide bonds. The molecule has 0 fully saturated rings. The minimum Gasteiger partial charge on any atom is -0.465 e. The predicted molar refractivity (Wildman–Crippen MR) is 86.3 cm³/mol. The first-order chi connectivity index (χ1) is 11.6. The number of aromatic nitrogens is 2. The fourth-order valence-corrected chi connectivity index (χ4v) is 3.42. The maximum Gasteiger partial charge on any atom is 0.348 e. The van der Waals surface area contributed by atoms with Crippen LogP contribution in [-0.2, 0) is 11.3 Å². The molecule has 0 saturated carbocycles. The first-order valence-corrected chi connectivity index (χ1v) is 7.76. The lowest BCUT2D eigenvalue weighted by molar-refractivity contribution is 0.0604. The van der Waals surface area contributed by atoms with Crippen molar-refractivity contribution < 1.29 is 18.7 Å². The third-order valence-corrected chi connectivity index (χ3v) is 4.53. The van der Waals surface area contributed by atoms with Gasteiger partial charge in [-0.1, -0.05) is 6.07 Å². The predicted octanol–water partition coefficient (Wildman–Crippen LogP) is 2.55. The van der Waals surface area contributed by atoms with Crippen molar-refractivity contribution in [2.75, 3.05) is 7.11 Å². The topological polar surface area (TPSA) is 81.2 Å². The van der Waals surface area contributed by atoms with E-state index in [1.807, 2.05) is 0 Å². The SMILES string of the molecule is COC(=O)c1sc2cccc(F)c2c1CNC(=O)c1cnccn1. The second kappa shape index (κ2) is 6.71. The minimum atomic E-state index is -0.570. The number of carbonyl (C=O) groups excluding carboxylic acids is 2. The molecule has 24 heavy (non-hydrogen) atoms. The van der Waals surface area contributed by atoms with Crippen LogP contribution in [0.2, 0.25) is 0 Å². The molecule has 0 aliphatic rings. The molecule has 2 aromatic heterocycles. The van der Waals surface area contributed by atoms with E-state index in [1.165, 1.54) is 31.8 Å². The van der Waals surface area contributed by atoms with E-state index < -0.39 is 17.7 Å². The molecule has 0 spiro atoms. The number of hydrogen-bond acceptors (Lipinski definition) is 6. The minimum absolute atomic E-state index is 0.0270. The van der Waals surface area contributed by atoms with Crippen LogP contribution in [0.3, 0.4) is 0 Å². The molecule has 0 aliphatic carbocycles. The number of hydrogen-bond donors (Lipinski definition) is 1. The summed E-state index contributed by atoms with van der Waals surface area (Å²) >= 11 is 1.12. The first-order valence-electron chi connectivity index (χ1n) is 6.94. The fraction of sp³-hybridized carbons (Fsp3) is 0.125. The molecule has 2 heterocycles. The highest BCUT2D eigenvalue weighted by Crippen LogP contribution is 2.33. The molecule has 6 nitrogen and oxygen atoms in total. The highest BCUT2D eigenvalue weighted by atomic mass is 32.1. The summed E-state index contributed by atoms with van der Waals surface area (Å²) in [5.41, 5.74) is 0.523. The molecule has 3 aromatic rings. The maximum absolute atomic E-state index is 14.2. The number of rotatable bonds is 4. The lowest BCUT2D eigenvalue weighted by atomic mass is 10.1. The first kappa shape index (κ1) is 16.0. The zero-order valence-electron chi connectivity index (χ0n) is 12.6. The van der Waals surface area contributed by atoms with E-state index >= 15 is 0 Å². The normalized spacial score (nSPS) is 10.6. The number of fused-ring (bicyclic) bond motifs is 1. The number of methoxy groups -OCH3 is 1. The molecule has 0 radical (unpaired) electrons. The molecular formula is C16H12FN3O3S. The van der Waals surface area contributed by atoms with Crippen LogP contribution in [0, 0.1) is 5.82 Å². The largest absolute Gasteiger partial charge is 0.465 e. The molecular weight excluding hydrogens is 333 g/mol. The van der Waals surface area contributed by atoms with Gasteiger partial charge in [-0.2, -0.15) is 0 Å². The molecule has 8 heteroatoms. The van der Waals surface area contributed by atoms with Gasteiger partial charge >= 0.3 is 5.97 Å². The van der Waals surface area contributed by atoms with Gasteiger partial charge in [-0.15, -0.1) is 11.3 Å². The Morgan fingerprint density at radius 1 is 1.33 bits per heavy atom. The number of benzene rings is 1. The van der Waals surface area contributed by atoms with Gasteiger partial charge in [0.05, 0.1) is 13.3 Å². The number of nitrogens with zero attached hydrogens (tertiary/aromatic N) is 2. The average Bonchev–Trinajstić information content (AvgIpc) is 2.99. The van der Waals surface area contributed by atoms with Crippen molar-refractivity contribution in [3.05, 3.63) is 58.7 Å². The molecule has 122 valence electrons. The van der Waals surface area contributed by atoms with Crippen LogP contribution in [0.4, 0.5) is 4.39 Å². The summed E-state index contributed by atoms with van der Waals surface area (Å²) in [4.78, 5) is 32.0. The Labute approximate surface area is 140 Å². The van der Waals surface area contributed by atoms with Crippen LogP contribution >= 0.6 is 11.3 Å². The molecule has 0 unspecified atom stereocenters. The van der Waals surface area contributed by atoms with E-state index in [4.69, 9.17) is 4.74 Å². The fourth-order valence-electron chi connectivity index (χ4n) is 2.27. The Kier molecular flexibility index (Phi) is 4.48. The highest BCUT2D eigenvalue weighted by Gasteiger charge is 2.22. The molecule has 1 N–H and O–H groups in total. The average molecular weight is 345 g/mol. The van der Waals surface area contributed by atoms with Crippen molar-refractivity contribution in [3.63, 3.8) is 0 Å². The number of amides is 1. The van der Waals surface area contributed by atoms with Gasteiger partial charge in [0.25, 0.3) is 5.91 Å². The van der Waals surface area contributed by atoms with Gasteiger partial charge in [-0.05, 0) is 12.1 Å². The number of halogens is 1. The summed E-state index contributed by atoms with van der Waals surface area (Å²) in [7, 11) is 1.25. The van der Waals surface area contributed by atoms with Gasteiger partial charge < -0.3 is 10.1 Å². The van der Waals surface area contributed by atoms with E-state index in [1.54, 1.807) is 12.1 Å². The van der Waals surface area contributed by atoms with Crippen molar-refractivity contribution in [3.8, 4) is 0 Å². The molecule has 0 saturated heterocycles. The van der Waals surface area contributed by atoms with Crippen molar-refractivity contribution in [2.45, 2.75) is 6.54 Å². The monoisotopic (exact) mass is 345 g/mol. The summed E-state index contributed by atoms with van der Waals surface area (Å²) in [6.07, 6.45) is 4.17. The Bertz CT molecular complexity index is 912. The summed E-state index contributed by atoms with van der Waals surface area (Å²) in [6, 6.07) is 4.59. The van der Waals surface area contributed by atoms with Crippen LogP contribution in [0.1, 0.15) is 25.7 Å². The van der Waals surface area contributed by atoms with Crippen molar-refractivity contribution in [1.29, 1.82) is 0 Å². The van der Waals surface area contributed by atoms with E-state index in [2.05, 4.69) is 15.3 Å². The van der Waals surface area contributed by atoms with Crippen molar-refractivity contribution >= 4 is 33.3 Å². The third kappa shape index (κ3) is 2.95. The van der Waals surface area contributed by atoms with Gasteiger partial charge in [0.15, 0.2) is 0 Å². The second-order valence-electron chi connectivity index (χ2n) is 4.79. The highest BCUT2D eigenvalue weighted by molar-refractivity contribution is 7.21. The molecule has 0 aliphatic heterocycles. The summed E-state index contributed by atoms with van der Waals surface area (Å²) in [5.74, 6) is -1.49. The summed E-state index contributed by atoms with van der Waals surface area (Å²) in [5, 5.41) is 2.94. The zero-order chi connectivity index (χ0) is 17.1. The standard InChI is InChI=1S/C16H12FN3O3S/c1-23-16(22)14-9(13-10(17)3-2-4-12(13)24-14)7-20-15(21)11-8-18-5-6-19-11/h2-6,8H,7H2,1H3,(H,20,21). The lowest BCUT2D eigenvalue weighted by Gasteiger charge is -2.06. The van der Waals surface area contributed by atoms with Gasteiger partial charge in [-0.25, -0.2) is 14.2 Å². The number of nitrogens with one attached hydrogen (secondary N) is 1.